The average molecular weight is 680 g/mol. The first kappa shape index (κ1) is 32.7. The van der Waals surface area contributed by atoms with Gasteiger partial charge in [-0.2, -0.15) is 0 Å². The van der Waals surface area contributed by atoms with Crippen molar-refractivity contribution in [2.45, 2.75) is 29.7 Å². The summed E-state index contributed by atoms with van der Waals surface area (Å²) in [6.45, 7) is 6.36. The molecule has 1 amide bonds. The molecule has 8 nitrogen and oxygen atoms in total. The summed E-state index contributed by atoms with van der Waals surface area (Å²) in [5.74, 6) is -0.923. The van der Waals surface area contributed by atoms with Gasteiger partial charge in [-0.05, 0) is 71.6 Å². The highest BCUT2D eigenvalue weighted by molar-refractivity contribution is 8.00. The number of aliphatic hydroxyl groups excluding tert-OH is 1. The fraction of sp³-hybridized carbons (Fsp3) is 0.135. The molecule has 11 heteroatoms. The third-order valence-corrected chi connectivity index (χ3v) is 9.81. The van der Waals surface area contributed by atoms with Crippen LogP contribution in [0.1, 0.15) is 33.9 Å². The van der Waals surface area contributed by atoms with Crippen LogP contribution in [0.25, 0.3) is 5.76 Å². The van der Waals surface area contributed by atoms with E-state index in [9.17, 15) is 19.1 Å². The maximum absolute atomic E-state index is 14.2. The Balaban J connectivity index is 1.31. The molecule has 0 saturated carbocycles. The van der Waals surface area contributed by atoms with Crippen molar-refractivity contribution >= 4 is 45.7 Å². The van der Waals surface area contributed by atoms with Gasteiger partial charge in [0.15, 0.2) is 4.34 Å². The lowest BCUT2D eigenvalue weighted by Gasteiger charge is -2.22. The summed E-state index contributed by atoms with van der Waals surface area (Å²) >= 11 is 2.37. The Morgan fingerprint density at radius 1 is 0.938 bits per heavy atom. The van der Waals surface area contributed by atoms with Gasteiger partial charge in [0.1, 0.15) is 36.3 Å². The van der Waals surface area contributed by atoms with Gasteiger partial charge in [-0.25, -0.2) is 4.39 Å². The van der Waals surface area contributed by atoms with Crippen molar-refractivity contribution in [2.24, 2.45) is 0 Å². The first-order valence-electron chi connectivity index (χ1n) is 15.0. The lowest BCUT2D eigenvalue weighted by molar-refractivity contribution is -0.132. The molecule has 1 saturated heterocycles. The van der Waals surface area contributed by atoms with E-state index in [2.05, 4.69) is 16.8 Å². The molecule has 1 unspecified atom stereocenters. The number of anilines is 1. The summed E-state index contributed by atoms with van der Waals surface area (Å²) < 4.78 is 26.3. The quantitative estimate of drug-likeness (QED) is 0.0353. The van der Waals surface area contributed by atoms with E-state index in [0.717, 1.165) is 22.5 Å². The fourth-order valence-corrected chi connectivity index (χ4v) is 7.01. The number of amides is 1. The summed E-state index contributed by atoms with van der Waals surface area (Å²) in [7, 11) is 0. The molecule has 1 atom stereocenters. The second-order valence-electron chi connectivity index (χ2n) is 10.8. The number of carbonyl (C=O) groups excluding carboxylic acids is 2. The van der Waals surface area contributed by atoms with Crippen LogP contribution in [-0.4, -0.2) is 33.6 Å². The zero-order valence-corrected chi connectivity index (χ0v) is 27.5. The maximum atomic E-state index is 14.2. The molecule has 1 fully saturated rings. The van der Waals surface area contributed by atoms with Gasteiger partial charge in [0.05, 0.1) is 11.6 Å². The molecule has 0 spiro atoms. The second-order valence-corrected chi connectivity index (χ2v) is 13.0. The Hall–Kier alpha value is -5.26. The van der Waals surface area contributed by atoms with Crippen molar-refractivity contribution in [2.75, 3.05) is 11.5 Å². The SMILES string of the molecule is C=CCOc1ccc(C2/C(=C(\O)c3ccc(OCc4ccccc4C)cc3)C(=O)C(=O)N2c2nnc(SCc3ccccc3F)s2)cc1. The van der Waals surface area contributed by atoms with Crippen LogP contribution in [0.4, 0.5) is 9.52 Å². The molecule has 0 radical (unpaired) electrons. The van der Waals surface area contributed by atoms with Crippen LogP contribution in [0.15, 0.2) is 120 Å². The second kappa shape index (κ2) is 14.7. The number of carbonyl (C=O) groups is 2. The van der Waals surface area contributed by atoms with Crippen molar-refractivity contribution in [1.29, 1.82) is 0 Å². The lowest BCUT2D eigenvalue weighted by atomic mass is 9.95. The van der Waals surface area contributed by atoms with Crippen molar-refractivity contribution in [3.8, 4) is 11.5 Å². The molecule has 0 bridgehead atoms. The molecule has 5 aromatic rings. The molecule has 48 heavy (non-hydrogen) atoms. The molecule has 4 aromatic carbocycles. The topological polar surface area (TPSA) is 102 Å². The number of hydrogen-bond acceptors (Lipinski definition) is 9. The van der Waals surface area contributed by atoms with E-state index >= 15 is 0 Å². The number of benzene rings is 4. The Morgan fingerprint density at radius 2 is 1.60 bits per heavy atom. The highest BCUT2D eigenvalue weighted by Gasteiger charge is 2.48. The summed E-state index contributed by atoms with van der Waals surface area (Å²) in [5, 5.41) is 20.2. The molecule has 1 aliphatic rings. The van der Waals surface area contributed by atoms with Gasteiger partial charge in [0.2, 0.25) is 5.13 Å². The Morgan fingerprint density at radius 3 is 2.31 bits per heavy atom. The number of nitrogens with zero attached hydrogens (tertiary/aromatic N) is 3. The first-order valence-corrected chi connectivity index (χ1v) is 16.8. The van der Waals surface area contributed by atoms with Crippen LogP contribution >= 0.6 is 23.1 Å². The minimum atomic E-state index is -1.01. The smallest absolute Gasteiger partial charge is 0.301 e. The van der Waals surface area contributed by atoms with Gasteiger partial charge in [-0.1, -0.05) is 90.4 Å². The molecular formula is C37H30FN3O5S2. The molecule has 242 valence electrons. The number of aryl methyl sites for hydroxylation is 1. The normalized spacial score (nSPS) is 15.5. The minimum Gasteiger partial charge on any atom is -0.507 e. The van der Waals surface area contributed by atoms with Crippen molar-refractivity contribution in [3.63, 3.8) is 0 Å². The fourth-order valence-electron chi connectivity index (χ4n) is 5.16. The van der Waals surface area contributed by atoms with E-state index in [4.69, 9.17) is 9.47 Å². The van der Waals surface area contributed by atoms with E-state index in [0.29, 0.717) is 51.5 Å². The van der Waals surface area contributed by atoms with Gasteiger partial charge in [-0.15, -0.1) is 10.2 Å². The number of ether oxygens (including phenoxy) is 2. The predicted molar refractivity (Wildman–Crippen MR) is 185 cm³/mol. The van der Waals surface area contributed by atoms with E-state index in [-0.39, 0.29) is 22.3 Å². The molecule has 2 heterocycles. The summed E-state index contributed by atoms with van der Waals surface area (Å²) in [4.78, 5) is 28.5. The zero-order chi connectivity index (χ0) is 33.6. The summed E-state index contributed by atoms with van der Waals surface area (Å²) in [5.41, 5.74) is 3.47. The van der Waals surface area contributed by atoms with Crippen LogP contribution in [0, 0.1) is 12.7 Å². The van der Waals surface area contributed by atoms with Gasteiger partial charge in [0.25, 0.3) is 5.78 Å². The van der Waals surface area contributed by atoms with Crippen LogP contribution in [0.2, 0.25) is 0 Å². The number of ketones is 1. The minimum absolute atomic E-state index is 0.0934. The van der Waals surface area contributed by atoms with Crippen molar-refractivity contribution in [1.82, 2.24) is 10.2 Å². The van der Waals surface area contributed by atoms with E-state index in [1.165, 1.54) is 22.7 Å². The third-order valence-electron chi connectivity index (χ3n) is 7.70. The number of rotatable bonds is 12. The Kier molecular flexibility index (Phi) is 9.98. The lowest BCUT2D eigenvalue weighted by Crippen LogP contribution is -2.29. The van der Waals surface area contributed by atoms with Crippen molar-refractivity contribution in [3.05, 3.63) is 149 Å². The van der Waals surface area contributed by atoms with Gasteiger partial charge in [0, 0.05) is 11.3 Å². The van der Waals surface area contributed by atoms with E-state index in [1.807, 2.05) is 31.2 Å². The van der Waals surface area contributed by atoms with E-state index < -0.39 is 17.7 Å². The zero-order valence-electron chi connectivity index (χ0n) is 25.8. The summed E-state index contributed by atoms with van der Waals surface area (Å²) in [6.07, 6.45) is 1.62. The largest absolute Gasteiger partial charge is 0.507 e. The monoisotopic (exact) mass is 679 g/mol. The highest BCUT2D eigenvalue weighted by atomic mass is 32.2. The summed E-state index contributed by atoms with van der Waals surface area (Å²) in [6, 6.07) is 27.0. The number of aromatic nitrogens is 2. The average Bonchev–Trinajstić information content (AvgIpc) is 3.68. The molecule has 6 rings (SSSR count). The number of hydrogen-bond donors (Lipinski definition) is 1. The van der Waals surface area contributed by atoms with Crippen LogP contribution in [0.3, 0.4) is 0 Å². The number of halogens is 1. The molecule has 1 N–H and O–H groups in total. The first-order chi connectivity index (χ1) is 23.3. The standard InChI is InChI=1S/C37H30FN3O5S2/c1-3-20-45-28-16-12-24(13-17-28)32-31(33(42)25-14-18-29(19-15-25)46-21-26-9-5-4-8-23(26)2)34(43)35(44)41(32)36-39-40-37(48-36)47-22-27-10-6-7-11-30(27)38/h3-19,32,42H,1,20-22H2,2H3/b33-31+. The number of Topliss-reactive ketones (excluding diaryl/α,β-unsaturated/α-hetero) is 1. The molecule has 1 aromatic heterocycles. The number of aliphatic hydroxyl groups is 1. The van der Waals surface area contributed by atoms with Crippen LogP contribution in [-0.2, 0) is 21.9 Å². The van der Waals surface area contributed by atoms with E-state index in [1.54, 1.807) is 72.8 Å². The third kappa shape index (κ3) is 7.02. The maximum Gasteiger partial charge on any atom is 0.301 e. The predicted octanol–water partition coefficient (Wildman–Crippen LogP) is 8.05. The van der Waals surface area contributed by atoms with Crippen LogP contribution < -0.4 is 14.4 Å². The Bertz CT molecular complexity index is 1990. The molecule has 0 aliphatic carbocycles. The molecule has 1 aliphatic heterocycles. The highest BCUT2D eigenvalue weighted by Crippen LogP contribution is 2.44. The van der Waals surface area contributed by atoms with Gasteiger partial charge >= 0.3 is 5.91 Å². The van der Waals surface area contributed by atoms with Gasteiger partial charge < -0.3 is 14.6 Å². The Labute approximate surface area is 285 Å². The molecular weight excluding hydrogens is 650 g/mol. The van der Waals surface area contributed by atoms with Crippen LogP contribution in [0.5, 0.6) is 11.5 Å². The van der Waals surface area contributed by atoms with Gasteiger partial charge in [-0.3, -0.25) is 14.5 Å². The number of thioether (sulfide) groups is 1. The van der Waals surface area contributed by atoms with Crippen molar-refractivity contribution < 1.29 is 28.6 Å².